The molecule has 28 heavy (non-hydrogen) atoms. The molecule has 148 valence electrons. The van der Waals surface area contributed by atoms with Crippen LogP contribution in [-0.4, -0.2) is 41.6 Å². The third-order valence-electron chi connectivity index (χ3n) is 5.09. The van der Waals surface area contributed by atoms with E-state index in [0.29, 0.717) is 30.4 Å². The molecule has 1 atom stereocenters. The minimum Gasteiger partial charge on any atom is -0.481 e. The first-order valence-electron chi connectivity index (χ1n) is 9.75. The number of nitrogens with one attached hydrogen (secondary N) is 1. The van der Waals surface area contributed by atoms with Crippen LogP contribution in [0.25, 0.3) is 11.3 Å². The van der Waals surface area contributed by atoms with Gasteiger partial charge < -0.3 is 14.8 Å². The molecule has 0 aliphatic carbocycles. The molecular weight excluding hydrogens is 378 g/mol. The molecule has 6 nitrogen and oxygen atoms in total. The Balaban J connectivity index is 1.58. The number of halogens is 1. The average Bonchev–Trinajstić information content (AvgIpc) is 3.20. The third kappa shape index (κ3) is 3.93. The van der Waals surface area contributed by atoms with Crippen LogP contribution in [-0.2, 0) is 33.7 Å². The number of hydrogen-bond donors (Lipinski definition) is 1. The predicted molar refractivity (Wildman–Crippen MR) is 107 cm³/mol. The number of rotatable bonds is 5. The minimum absolute atomic E-state index is 0.113. The fourth-order valence-corrected chi connectivity index (χ4v) is 3.89. The predicted octanol–water partition coefficient (Wildman–Crippen LogP) is 3.13. The molecule has 0 bridgehead atoms. The van der Waals surface area contributed by atoms with Crippen molar-refractivity contribution < 1.29 is 14.3 Å². The molecule has 0 amide bonds. The molecule has 0 radical (unpaired) electrons. The van der Waals surface area contributed by atoms with Gasteiger partial charge in [-0.1, -0.05) is 23.7 Å². The summed E-state index contributed by atoms with van der Waals surface area (Å²) in [4.78, 5) is 11.9. The van der Waals surface area contributed by atoms with E-state index in [0.717, 1.165) is 37.2 Å². The molecule has 1 unspecified atom stereocenters. The van der Waals surface area contributed by atoms with Gasteiger partial charge in [0.15, 0.2) is 0 Å². The molecule has 3 heterocycles. The number of fused-ring (bicyclic) bond motifs is 1. The van der Waals surface area contributed by atoms with E-state index in [-0.39, 0.29) is 6.10 Å². The van der Waals surface area contributed by atoms with Gasteiger partial charge in [0.1, 0.15) is 6.10 Å². The molecule has 1 N–H and O–H groups in total. The second-order valence-corrected chi connectivity index (χ2v) is 7.41. The Morgan fingerprint density at radius 3 is 2.89 bits per heavy atom. The van der Waals surface area contributed by atoms with E-state index in [2.05, 4.69) is 10.00 Å². The highest BCUT2D eigenvalue weighted by Gasteiger charge is 2.27. The van der Waals surface area contributed by atoms with Crippen LogP contribution in [0.3, 0.4) is 0 Å². The zero-order valence-corrected chi connectivity index (χ0v) is 16.7. The van der Waals surface area contributed by atoms with Gasteiger partial charge >= 0.3 is 5.97 Å². The van der Waals surface area contributed by atoms with E-state index in [1.165, 1.54) is 11.3 Å². The molecule has 4 rings (SSSR count). The fourth-order valence-electron chi connectivity index (χ4n) is 3.77. The lowest BCUT2D eigenvalue weighted by atomic mass is 10.0. The van der Waals surface area contributed by atoms with Gasteiger partial charge in [0, 0.05) is 41.2 Å². The number of nitrogens with zero attached hydrogens (tertiary/aromatic N) is 2. The van der Waals surface area contributed by atoms with E-state index in [4.69, 9.17) is 26.2 Å². The van der Waals surface area contributed by atoms with Gasteiger partial charge in [-0.2, -0.15) is 5.10 Å². The quantitative estimate of drug-likeness (QED) is 0.780. The van der Waals surface area contributed by atoms with Crippen molar-refractivity contribution in [3.05, 3.63) is 52.4 Å². The zero-order valence-electron chi connectivity index (χ0n) is 15.9. The first kappa shape index (κ1) is 19.0. The monoisotopic (exact) mass is 401 g/mol. The van der Waals surface area contributed by atoms with Crippen molar-refractivity contribution in [2.24, 2.45) is 0 Å². The highest BCUT2D eigenvalue weighted by molar-refractivity contribution is 6.30. The number of esters is 1. The Bertz CT molecular complexity index is 889. The summed E-state index contributed by atoms with van der Waals surface area (Å²) in [7, 11) is 0. The number of aromatic nitrogens is 2. The molecule has 0 fully saturated rings. The van der Waals surface area contributed by atoms with E-state index in [1.807, 2.05) is 30.3 Å². The molecule has 7 heteroatoms. The lowest BCUT2D eigenvalue weighted by Gasteiger charge is -2.15. The molecule has 2 aliphatic heterocycles. The Morgan fingerprint density at radius 1 is 1.32 bits per heavy atom. The highest BCUT2D eigenvalue weighted by atomic mass is 35.5. The van der Waals surface area contributed by atoms with Crippen LogP contribution >= 0.6 is 11.6 Å². The van der Waals surface area contributed by atoms with Crippen molar-refractivity contribution >= 4 is 17.6 Å². The summed E-state index contributed by atoms with van der Waals surface area (Å²) in [5.41, 5.74) is 4.60. The molecule has 2 aromatic rings. The molecule has 0 saturated carbocycles. The number of ether oxygens (including phenoxy) is 2. The van der Waals surface area contributed by atoms with Crippen molar-refractivity contribution in [1.29, 1.82) is 0 Å². The summed E-state index contributed by atoms with van der Waals surface area (Å²) in [6, 6.07) is 7.82. The Labute approximate surface area is 169 Å². The lowest BCUT2D eigenvalue weighted by Crippen LogP contribution is -2.22. The molecular formula is C21H24ClN3O3. The molecule has 1 aromatic heterocycles. The van der Waals surface area contributed by atoms with Gasteiger partial charge in [-0.3, -0.25) is 4.68 Å². The van der Waals surface area contributed by atoms with Gasteiger partial charge in [-0.25, -0.2) is 4.79 Å². The van der Waals surface area contributed by atoms with E-state index in [9.17, 15) is 4.79 Å². The highest BCUT2D eigenvalue weighted by Crippen LogP contribution is 2.29. The topological polar surface area (TPSA) is 65.4 Å². The van der Waals surface area contributed by atoms with Gasteiger partial charge in [0.25, 0.3) is 0 Å². The maximum atomic E-state index is 11.9. The largest absolute Gasteiger partial charge is 0.481 e. The van der Waals surface area contributed by atoms with Crippen LogP contribution in [0, 0.1) is 0 Å². The summed E-state index contributed by atoms with van der Waals surface area (Å²) in [6.07, 6.45) is 4.23. The van der Waals surface area contributed by atoms with Crippen molar-refractivity contribution in [1.82, 2.24) is 15.1 Å². The fraction of sp³-hybridized carbons (Fsp3) is 0.429. The van der Waals surface area contributed by atoms with Gasteiger partial charge in [-0.05, 0) is 38.1 Å². The maximum Gasteiger partial charge on any atom is 0.373 e. The van der Waals surface area contributed by atoms with Crippen molar-refractivity contribution in [2.75, 3.05) is 19.7 Å². The molecule has 0 spiro atoms. The summed E-state index contributed by atoms with van der Waals surface area (Å²) < 4.78 is 12.9. The van der Waals surface area contributed by atoms with Crippen LogP contribution < -0.4 is 5.32 Å². The first-order valence-corrected chi connectivity index (χ1v) is 10.1. The SMILES string of the molecule is CCOC(=O)C1=CCC(Cn2nc(-c3ccc(Cl)cc3)c3c2CCNCC3)O1. The van der Waals surface area contributed by atoms with Crippen LogP contribution in [0.1, 0.15) is 24.6 Å². The second kappa shape index (κ2) is 8.37. The van der Waals surface area contributed by atoms with Crippen LogP contribution in [0.5, 0.6) is 0 Å². The maximum absolute atomic E-state index is 11.9. The van der Waals surface area contributed by atoms with E-state index in [1.54, 1.807) is 6.92 Å². The van der Waals surface area contributed by atoms with Gasteiger partial charge in [-0.15, -0.1) is 0 Å². The normalized spacial score (nSPS) is 18.8. The van der Waals surface area contributed by atoms with Crippen molar-refractivity contribution in [2.45, 2.75) is 38.8 Å². The first-order chi connectivity index (χ1) is 13.7. The Kier molecular flexibility index (Phi) is 5.69. The number of hydrogen-bond acceptors (Lipinski definition) is 5. The van der Waals surface area contributed by atoms with Crippen LogP contribution in [0.2, 0.25) is 5.02 Å². The standard InChI is InChI=1S/C21H24ClN3O3/c1-2-27-21(26)19-8-7-16(28-19)13-25-18-10-12-23-11-9-17(18)20(24-25)14-3-5-15(22)6-4-14/h3-6,8,16,23H,2,7,9-13H2,1H3. The third-order valence-corrected chi connectivity index (χ3v) is 5.34. The van der Waals surface area contributed by atoms with Crippen LogP contribution in [0.4, 0.5) is 0 Å². The average molecular weight is 402 g/mol. The minimum atomic E-state index is -0.393. The van der Waals surface area contributed by atoms with Gasteiger partial charge in [0.2, 0.25) is 5.76 Å². The van der Waals surface area contributed by atoms with Crippen molar-refractivity contribution in [3.8, 4) is 11.3 Å². The number of benzene rings is 1. The number of carbonyl (C=O) groups is 1. The van der Waals surface area contributed by atoms with Crippen LogP contribution in [0.15, 0.2) is 36.1 Å². The number of carbonyl (C=O) groups excluding carboxylic acids is 1. The molecule has 1 aromatic carbocycles. The summed E-state index contributed by atoms with van der Waals surface area (Å²) in [5, 5.41) is 9.11. The zero-order chi connectivity index (χ0) is 19.5. The van der Waals surface area contributed by atoms with E-state index >= 15 is 0 Å². The summed E-state index contributed by atoms with van der Waals surface area (Å²) >= 11 is 6.05. The Morgan fingerprint density at radius 2 is 2.11 bits per heavy atom. The summed E-state index contributed by atoms with van der Waals surface area (Å²) in [5.74, 6) is -0.0833. The summed E-state index contributed by atoms with van der Waals surface area (Å²) in [6.45, 7) is 4.60. The van der Waals surface area contributed by atoms with Gasteiger partial charge in [0.05, 0.1) is 18.8 Å². The molecule has 0 saturated heterocycles. The lowest BCUT2D eigenvalue weighted by molar-refractivity contribution is -0.143. The van der Waals surface area contributed by atoms with Crippen molar-refractivity contribution in [3.63, 3.8) is 0 Å². The molecule has 2 aliphatic rings. The van der Waals surface area contributed by atoms with E-state index < -0.39 is 5.97 Å². The Hall–Kier alpha value is -2.31. The smallest absolute Gasteiger partial charge is 0.373 e. The second-order valence-electron chi connectivity index (χ2n) is 6.98.